The number of allylic oxidation sites excluding steroid dienone is 1. The Kier molecular flexibility index (Phi) is 6.97. The Bertz CT molecular complexity index is 354. The molecule has 1 fully saturated rings. The van der Waals surface area contributed by atoms with Gasteiger partial charge in [-0.25, -0.2) is 0 Å². The van der Waals surface area contributed by atoms with Gasteiger partial charge in [-0.2, -0.15) is 0 Å². The lowest BCUT2D eigenvalue weighted by atomic mass is 9.83. The van der Waals surface area contributed by atoms with Gasteiger partial charge in [0.05, 0.1) is 11.8 Å². The molecule has 116 valence electrons. The van der Waals surface area contributed by atoms with Crippen LogP contribution < -0.4 is 11.1 Å². The van der Waals surface area contributed by atoms with Gasteiger partial charge in [-0.3, -0.25) is 9.59 Å². The topological polar surface area (TPSA) is 72.2 Å². The highest BCUT2D eigenvalue weighted by atomic mass is 16.2. The average molecular weight is 282 g/mol. The van der Waals surface area contributed by atoms with Gasteiger partial charge in [0.15, 0.2) is 0 Å². The molecule has 0 aromatic rings. The van der Waals surface area contributed by atoms with Crippen LogP contribution in [-0.4, -0.2) is 17.4 Å². The summed E-state index contributed by atoms with van der Waals surface area (Å²) in [6.07, 6.45) is 5.19. The van der Waals surface area contributed by atoms with Crippen LogP contribution >= 0.6 is 0 Å². The van der Waals surface area contributed by atoms with Crippen LogP contribution in [0, 0.1) is 17.8 Å². The number of amides is 2. The number of hydrogen-bond acceptors (Lipinski definition) is 2. The standard InChI is InChI=1S/C15H26N2O2.CH4/c1-5-6-11(13(16)18)12(9-10-7-8-10)14(19)17-15(2,3)4;/h5,10-12H,1,6-9H2,2-4H3,(H2,16,18)(H,17,19);1H4/t11-,12+;/m0./s1. The molecule has 1 rings (SSSR count). The molecular weight excluding hydrogens is 252 g/mol. The highest BCUT2D eigenvalue weighted by Crippen LogP contribution is 2.38. The minimum Gasteiger partial charge on any atom is -0.369 e. The lowest BCUT2D eigenvalue weighted by molar-refractivity contribution is -0.134. The maximum atomic E-state index is 12.4. The Balaban J connectivity index is 0.00000361. The van der Waals surface area contributed by atoms with Crippen molar-refractivity contribution in [2.75, 3.05) is 0 Å². The minimum atomic E-state index is -0.444. The molecule has 20 heavy (non-hydrogen) atoms. The first-order valence-electron chi connectivity index (χ1n) is 6.97. The molecule has 1 aliphatic rings. The summed E-state index contributed by atoms with van der Waals surface area (Å²) in [5.41, 5.74) is 5.16. The number of rotatable bonds is 7. The van der Waals surface area contributed by atoms with E-state index >= 15 is 0 Å². The Morgan fingerprint density at radius 2 is 1.90 bits per heavy atom. The zero-order valence-electron chi connectivity index (χ0n) is 12.2. The van der Waals surface area contributed by atoms with Crippen LogP contribution in [0.3, 0.4) is 0 Å². The van der Waals surface area contributed by atoms with Crippen molar-refractivity contribution in [3.63, 3.8) is 0 Å². The molecule has 1 saturated carbocycles. The SMILES string of the molecule is C.C=CC[C@H](C(N)=O)[C@@H](CC1CC1)C(=O)NC(C)(C)C. The van der Waals surface area contributed by atoms with E-state index in [0.29, 0.717) is 12.3 Å². The summed E-state index contributed by atoms with van der Waals surface area (Å²) < 4.78 is 0. The second-order valence-electron chi connectivity index (χ2n) is 6.56. The number of hydrogen-bond donors (Lipinski definition) is 2. The molecule has 0 bridgehead atoms. The van der Waals surface area contributed by atoms with E-state index in [4.69, 9.17) is 5.73 Å². The van der Waals surface area contributed by atoms with Gasteiger partial charge in [-0.1, -0.05) is 26.3 Å². The molecular formula is C16H30N2O2. The van der Waals surface area contributed by atoms with Crippen LogP contribution in [0.1, 0.15) is 53.9 Å². The lowest BCUT2D eigenvalue weighted by Gasteiger charge is -2.28. The van der Waals surface area contributed by atoms with Crippen LogP contribution in [0.4, 0.5) is 0 Å². The first-order chi connectivity index (χ1) is 8.74. The molecule has 0 saturated heterocycles. The van der Waals surface area contributed by atoms with E-state index in [-0.39, 0.29) is 24.8 Å². The number of carbonyl (C=O) groups is 2. The number of nitrogens with one attached hydrogen (secondary N) is 1. The van der Waals surface area contributed by atoms with Gasteiger partial charge in [0.2, 0.25) is 11.8 Å². The van der Waals surface area contributed by atoms with Gasteiger partial charge in [-0.05, 0) is 39.5 Å². The molecule has 0 radical (unpaired) electrons. The van der Waals surface area contributed by atoms with Crippen molar-refractivity contribution in [3.8, 4) is 0 Å². The van der Waals surface area contributed by atoms with Crippen LogP contribution in [0.5, 0.6) is 0 Å². The van der Waals surface area contributed by atoms with E-state index in [1.807, 2.05) is 20.8 Å². The first kappa shape index (κ1) is 18.7. The summed E-state index contributed by atoms with van der Waals surface area (Å²) in [6, 6.07) is 0. The summed E-state index contributed by atoms with van der Waals surface area (Å²) in [4.78, 5) is 24.0. The Morgan fingerprint density at radius 3 is 2.25 bits per heavy atom. The van der Waals surface area contributed by atoms with Crippen molar-refractivity contribution in [2.24, 2.45) is 23.5 Å². The zero-order chi connectivity index (χ0) is 14.6. The Labute approximate surface area is 123 Å². The second kappa shape index (κ2) is 7.46. The summed E-state index contributed by atoms with van der Waals surface area (Å²) >= 11 is 0. The van der Waals surface area contributed by atoms with Gasteiger partial charge in [-0.15, -0.1) is 6.58 Å². The van der Waals surface area contributed by atoms with E-state index in [1.54, 1.807) is 6.08 Å². The summed E-state index contributed by atoms with van der Waals surface area (Å²) in [7, 11) is 0. The molecule has 0 spiro atoms. The highest BCUT2D eigenvalue weighted by Gasteiger charge is 2.37. The molecule has 1 aliphatic carbocycles. The fourth-order valence-corrected chi connectivity index (χ4v) is 2.29. The molecule has 4 heteroatoms. The van der Waals surface area contributed by atoms with E-state index in [0.717, 1.165) is 19.3 Å². The quantitative estimate of drug-likeness (QED) is 0.705. The third kappa shape index (κ3) is 6.22. The Hall–Kier alpha value is -1.32. The number of nitrogens with two attached hydrogens (primary N) is 1. The van der Waals surface area contributed by atoms with Crippen LogP contribution in [0.25, 0.3) is 0 Å². The molecule has 2 amide bonds. The van der Waals surface area contributed by atoms with E-state index < -0.39 is 11.8 Å². The second-order valence-corrected chi connectivity index (χ2v) is 6.56. The fraction of sp³-hybridized carbons (Fsp3) is 0.750. The number of primary amides is 1. The van der Waals surface area contributed by atoms with Crippen LogP contribution in [0.15, 0.2) is 12.7 Å². The van der Waals surface area contributed by atoms with E-state index in [9.17, 15) is 9.59 Å². The van der Waals surface area contributed by atoms with Crippen molar-refractivity contribution >= 4 is 11.8 Å². The van der Waals surface area contributed by atoms with Crippen molar-refractivity contribution in [3.05, 3.63) is 12.7 Å². The maximum absolute atomic E-state index is 12.4. The van der Waals surface area contributed by atoms with Gasteiger partial charge >= 0.3 is 0 Å². The molecule has 0 aromatic carbocycles. The first-order valence-corrected chi connectivity index (χ1v) is 6.97. The van der Waals surface area contributed by atoms with Gasteiger partial charge < -0.3 is 11.1 Å². The van der Waals surface area contributed by atoms with Crippen molar-refractivity contribution in [1.82, 2.24) is 5.32 Å². The monoisotopic (exact) mass is 282 g/mol. The molecule has 0 unspecified atom stereocenters. The third-order valence-electron chi connectivity index (χ3n) is 3.39. The lowest BCUT2D eigenvalue weighted by Crippen LogP contribution is -2.47. The van der Waals surface area contributed by atoms with E-state index in [1.165, 1.54) is 0 Å². The zero-order valence-corrected chi connectivity index (χ0v) is 12.2. The molecule has 0 aliphatic heterocycles. The summed E-state index contributed by atoms with van der Waals surface area (Å²) in [5, 5.41) is 2.97. The molecule has 4 nitrogen and oxygen atoms in total. The molecule has 0 heterocycles. The summed E-state index contributed by atoms with van der Waals surface area (Å²) in [5.74, 6) is -0.676. The van der Waals surface area contributed by atoms with Gasteiger partial charge in [0.25, 0.3) is 0 Å². The minimum absolute atomic E-state index is 0. The predicted molar refractivity (Wildman–Crippen MR) is 83.0 cm³/mol. The highest BCUT2D eigenvalue weighted by molar-refractivity contribution is 5.87. The fourth-order valence-electron chi connectivity index (χ4n) is 2.29. The smallest absolute Gasteiger partial charge is 0.224 e. The van der Waals surface area contributed by atoms with Crippen LogP contribution in [0.2, 0.25) is 0 Å². The molecule has 2 atom stereocenters. The molecule has 0 aromatic heterocycles. The normalized spacial score (nSPS) is 17.6. The average Bonchev–Trinajstić information content (AvgIpc) is 3.04. The number of carbonyl (C=O) groups excluding carboxylic acids is 2. The van der Waals surface area contributed by atoms with Crippen LogP contribution in [-0.2, 0) is 9.59 Å². The van der Waals surface area contributed by atoms with Crippen molar-refractivity contribution in [2.45, 2.75) is 59.4 Å². The largest absolute Gasteiger partial charge is 0.369 e. The van der Waals surface area contributed by atoms with Crippen molar-refractivity contribution in [1.29, 1.82) is 0 Å². The van der Waals surface area contributed by atoms with Crippen molar-refractivity contribution < 1.29 is 9.59 Å². The summed E-state index contributed by atoms with van der Waals surface area (Å²) in [6.45, 7) is 9.46. The maximum Gasteiger partial charge on any atom is 0.224 e. The Morgan fingerprint density at radius 1 is 1.35 bits per heavy atom. The van der Waals surface area contributed by atoms with E-state index in [2.05, 4.69) is 11.9 Å². The predicted octanol–water partition coefficient (Wildman–Crippen LogP) is 2.63. The molecule has 3 N–H and O–H groups in total. The third-order valence-corrected chi connectivity index (χ3v) is 3.39. The van der Waals surface area contributed by atoms with Gasteiger partial charge in [0, 0.05) is 5.54 Å². The van der Waals surface area contributed by atoms with Gasteiger partial charge in [0.1, 0.15) is 0 Å².